The lowest BCUT2D eigenvalue weighted by Gasteiger charge is -2.18. The van der Waals surface area contributed by atoms with E-state index in [-0.39, 0.29) is 15.6 Å². The van der Waals surface area contributed by atoms with E-state index >= 15 is 0 Å². The third-order valence-corrected chi connectivity index (χ3v) is 6.54. The van der Waals surface area contributed by atoms with E-state index < -0.39 is 16.9 Å². The van der Waals surface area contributed by atoms with Gasteiger partial charge < -0.3 is 5.32 Å². The van der Waals surface area contributed by atoms with Gasteiger partial charge in [-0.15, -0.1) is 0 Å². The molecule has 0 aromatic heterocycles. The number of carbonyl (C=O) groups excluding carboxylic acids is 1. The van der Waals surface area contributed by atoms with Gasteiger partial charge in [-0.1, -0.05) is 39.1 Å². The molecule has 1 aliphatic rings. The lowest BCUT2D eigenvalue weighted by Crippen LogP contribution is -2.21. The molecule has 134 valence electrons. The smallest absolute Gasteiger partial charge is 0.257 e. The van der Waals surface area contributed by atoms with Gasteiger partial charge in [-0.05, 0) is 36.8 Å². The van der Waals surface area contributed by atoms with Crippen LogP contribution in [0.3, 0.4) is 0 Å². The highest BCUT2D eigenvalue weighted by Gasteiger charge is 2.24. The Kier molecular flexibility index (Phi) is 5.88. The number of halogens is 3. The maximum absolute atomic E-state index is 12.7. The number of nitriles is 1. The number of anilines is 2. The standard InChI is InChI=1S/C17H12BrCl2N3O2S/c18-11-4-10(9-21)5-12(6-11)22-17(24)14-7-13(8-15(19)16(14)20)23-2-1-3-26(23)25/h4-8H,1-3H2,(H,22,24). The van der Waals surface area contributed by atoms with E-state index in [2.05, 4.69) is 21.2 Å². The fraction of sp³-hybridized carbons (Fsp3) is 0.176. The summed E-state index contributed by atoms with van der Waals surface area (Å²) >= 11 is 15.7. The van der Waals surface area contributed by atoms with Gasteiger partial charge >= 0.3 is 0 Å². The van der Waals surface area contributed by atoms with Crippen LogP contribution >= 0.6 is 39.1 Å². The second-order valence-electron chi connectivity index (χ2n) is 5.56. The van der Waals surface area contributed by atoms with E-state index in [0.717, 1.165) is 6.42 Å². The summed E-state index contributed by atoms with van der Waals surface area (Å²) in [6.45, 7) is 0.628. The molecule has 0 aliphatic carbocycles. The van der Waals surface area contributed by atoms with Gasteiger partial charge in [-0.2, -0.15) is 5.26 Å². The van der Waals surface area contributed by atoms with Crippen LogP contribution in [0.1, 0.15) is 22.3 Å². The normalized spacial score (nSPS) is 16.4. The number of hydrogen-bond acceptors (Lipinski definition) is 3. The molecule has 1 N–H and O–H groups in total. The average molecular weight is 473 g/mol. The summed E-state index contributed by atoms with van der Waals surface area (Å²) in [5.41, 5.74) is 1.62. The van der Waals surface area contributed by atoms with Crippen molar-refractivity contribution in [3.8, 4) is 6.07 Å². The van der Waals surface area contributed by atoms with Crippen molar-refractivity contribution in [2.75, 3.05) is 21.9 Å². The molecule has 2 aromatic carbocycles. The minimum absolute atomic E-state index is 0.119. The van der Waals surface area contributed by atoms with Crippen LogP contribution in [0.4, 0.5) is 11.4 Å². The van der Waals surface area contributed by atoms with Crippen molar-refractivity contribution in [2.45, 2.75) is 6.42 Å². The van der Waals surface area contributed by atoms with Crippen molar-refractivity contribution < 1.29 is 9.00 Å². The SMILES string of the molecule is N#Cc1cc(Br)cc(NC(=O)c2cc(N3CCCS3=O)cc(Cl)c2Cl)c1. The largest absolute Gasteiger partial charge is 0.322 e. The van der Waals surface area contributed by atoms with E-state index in [1.807, 2.05) is 6.07 Å². The predicted molar refractivity (Wildman–Crippen MR) is 108 cm³/mol. The van der Waals surface area contributed by atoms with Gasteiger partial charge in [-0.3, -0.25) is 9.10 Å². The fourth-order valence-electron chi connectivity index (χ4n) is 2.60. The molecule has 1 atom stereocenters. The summed E-state index contributed by atoms with van der Waals surface area (Å²) in [6, 6.07) is 10.1. The topological polar surface area (TPSA) is 73.2 Å². The zero-order valence-electron chi connectivity index (χ0n) is 13.3. The molecule has 2 aromatic rings. The monoisotopic (exact) mass is 471 g/mol. The first-order chi connectivity index (χ1) is 12.4. The Labute approximate surface area is 171 Å². The quantitative estimate of drug-likeness (QED) is 0.700. The Hall–Kier alpha value is -1.59. The Bertz CT molecular complexity index is 962. The zero-order chi connectivity index (χ0) is 18.8. The van der Waals surface area contributed by atoms with Crippen molar-refractivity contribution in [3.63, 3.8) is 0 Å². The second-order valence-corrected chi connectivity index (χ2v) is 8.76. The lowest BCUT2D eigenvalue weighted by molar-refractivity contribution is 0.102. The molecule has 1 unspecified atom stereocenters. The van der Waals surface area contributed by atoms with Gasteiger partial charge in [0.05, 0.1) is 32.9 Å². The van der Waals surface area contributed by atoms with Crippen molar-refractivity contribution >= 4 is 67.4 Å². The van der Waals surface area contributed by atoms with Crippen LogP contribution in [0, 0.1) is 11.3 Å². The predicted octanol–water partition coefficient (Wildman–Crippen LogP) is 4.75. The summed E-state index contributed by atoms with van der Waals surface area (Å²) in [7, 11) is -1.14. The van der Waals surface area contributed by atoms with Gasteiger partial charge in [0.25, 0.3) is 5.91 Å². The average Bonchev–Trinajstić information content (AvgIpc) is 3.02. The molecular weight excluding hydrogens is 461 g/mol. The van der Waals surface area contributed by atoms with Crippen LogP contribution in [-0.2, 0) is 11.0 Å². The van der Waals surface area contributed by atoms with Gasteiger partial charge in [-0.25, -0.2) is 4.21 Å². The highest BCUT2D eigenvalue weighted by atomic mass is 79.9. The Morgan fingerprint density at radius 3 is 2.69 bits per heavy atom. The summed E-state index contributed by atoms with van der Waals surface area (Å²) in [6.07, 6.45) is 0.809. The Morgan fingerprint density at radius 1 is 1.27 bits per heavy atom. The van der Waals surface area contributed by atoms with Crippen LogP contribution in [0.2, 0.25) is 10.0 Å². The number of benzene rings is 2. The number of hydrogen-bond donors (Lipinski definition) is 1. The van der Waals surface area contributed by atoms with Crippen molar-refractivity contribution in [1.82, 2.24) is 0 Å². The van der Waals surface area contributed by atoms with Crippen molar-refractivity contribution in [1.29, 1.82) is 5.26 Å². The Morgan fingerprint density at radius 2 is 2.04 bits per heavy atom. The van der Waals surface area contributed by atoms with Crippen molar-refractivity contribution in [3.05, 3.63) is 56.0 Å². The first-order valence-electron chi connectivity index (χ1n) is 7.56. The van der Waals surface area contributed by atoms with Crippen LogP contribution in [0.15, 0.2) is 34.8 Å². The van der Waals surface area contributed by atoms with E-state index in [0.29, 0.717) is 33.7 Å². The van der Waals surface area contributed by atoms with Crippen LogP contribution < -0.4 is 9.62 Å². The summed E-state index contributed by atoms with van der Waals surface area (Å²) < 4.78 is 14.4. The molecule has 1 aliphatic heterocycles. The molecule has 9 heteroatoms. The van der Waals surface area contributed by atoms with Gasteiger partial charge in [0.2, 0.25) is 0 Å². The van der Waals surface area contributed by atoms with Crippen LogP contribution in [0.5, 0.6) is 0 Å². The molecule has 26 heavy (non-hydrogen) atoms. The van der Waals surface area contributed by atoms with E-state index in [4.69, 9.17) is 28.5 Å². The van der Waals surface area contributed by atoms with Crippen LogP contribution in [0.25, 0.3) is 0 Å². The molecule has 3 rings (SSSR count). The van der Waals surface area contributed by atoms with Crippen LogP contribution in [-0.4, -0.2) is 22.4 Å². The summed E-state index contributed by atoms with van der Waals surface area (Å²) in [4.78, 5) is 12.7. The summed E-state index contributed by atoms with van der Waals surface area (Å²) in [5.74, 6) is 0.113. The molecule has 1 saturated heterocycles. The van der Waals surface area contributed by atoms with Gasteiger partial charge in [0.15, 0.2) is 0 Å². The number of rotatable bonds is 3. The van der Waals surface area contributed by atoms with E-state index in [9.17, 15) is 9.00 Å². The molecule has 0 radical (unpaired) electrons. The molecule has 0 spiro atoms. The minimum atomic E-state index is -1.14. The molecule has 1 amide bonds. The maximum atomic E-state index is 12.7. The molecule has 1 fully saturated rings. The summed E-state index contributed by atoms with van der Waals surface area (Å²) in [5, 5.41) is 12.1. The first-order valence-corrected chi connectivity index (χ1v) is 10.4. The number of nitrogens with one attached hydrogen (secondary N) is 1. The van der Waals surface area contributed by atoms with E-state index in [1.54, 1.807) is 34.6 Å². The molecular formula is C17H12BrCl2N3O2S. The highest BCUT2D eigenvalue weighted by Crippen LogP contribution is 2.34. The first kappa shape index (κ1) is 19.2. The fourth-order valence-corrected chi connectivity index (χ4v) is 4.77. The number of nitrogens with zero attached hydrogens (tertiary/aromatic N) is 2. The Balaban J connectivity index is 1.94. The molecule has 5 nitrogen and oxygen atoms in total. The maximum Gasteiger partial charge on any atom is 0.257 e. The van der Waals surface area contributed by atoms with E-state index in [1.165, 1.54) is 0 Å². The van der Waals surface area contributed by atoms with Crippen molar-refractivity contribution in [2.24, 2.45) is 0 Å². The van der Waals surface area contributed by atoms with Gasteiger partial charge in [0.1, 0.15) is 11.0 Å². The third-order valence-electron chi connectivity index (χ3n) is 3.76. The zero-order valence-corrected chi connectivity index (χ0v) is 17.2. The van der Waals surface area contributed by atoms with Gasteiger partial charge in [0, 0.05) is 22.5 Å². The molecule has 1 heterocycles. The second kappa shape index (κ2) is 7.97. The highest BCUT2D eigenvalue weighted by molar-refractivity contribution is 9.10. The number of amides is 1. The minimum Gasteiger partial charge on any atom is -0.322 e. The third kappa shape index (κ3) is 4.04. The molecule has 0 saturated carbocycles. The molecule has 0 bridgehead atoms. The number of carbonyl (C=O) groups is 1. The lowest BCUT2D eigenvalue weighted by atomic mass is 10.1.